The number of piperidine rings is 1. The van der Waals surface area contributed by atoms with Crippen LogP contribution in [-0.2, 0) is 0 Å². The minimum absolute atomic E-state index is 0.000470. The van der Waals surface area contributed by atoms with Gasteiger partial charge in [0, 0.05) is 30.9 Å². The molecule has 1 N–H and O–H groups in total. The highest BCUT2D eigenvalue weighted by molar-refractivity contribution is 5.94. The fourth-order valence-electron chi connectivity index (χ4n) is 3.00. The molecule has 0 aliphatic carbocycles. The van der Waals surface area contributed by atoms with Crippen molar-refractivity contribution < 1.29 is 18.0 Å². The van der Waals surface area contributed by atoms with E-state index < -0.39 is 18.1 Å². The van der Waals surface area contributed by atoms with Gasteiger partial charge < -0.3 is 10.2 Å². The Kier molecular flexibility index (Phi) is 5.39. The predicted octanol–water partition coefficient (Wildman–Crippen LogP) is 3.58. The number of alkyl halides is 2. The quantitative estimate of drug-likeness (QED) is 0.901. The molecular formula is C18H19F3N4O. The van der Waals surface area contributed by atoms with Gasteiger partial charge in [0.1, 0.15) is 11.6 Å². The highest BCUT2D eigenvalue weighted by Gasteiger charge is 2.25. The number of carbonyl (C=O) groups excluding carboxylic acids is 1. The van der Waals surface area contributed by atoms with E-state index in [0.717, 1.165) is 0 Å². The molecule has 26 heavy (non-hydrogen) atoms. The average Bonchev–Trinajstić information content (AvgIpc) is 2.61. The van der Waals surface area contributed by atoms with E-state index >= 15 is 0 Å². The lowest BCUT2D eigenvalue weighted by atomic mass is 10.0. The van der Waals surface area contributed by atoms with E-state index in [9.17, 15) is 18.0 Å². The van der Waals surface area contributed by atoms with Crippen molar-refractivity contribution in [2.75, 3.05) is 18.4 Å². The van der Waals surface area contributed by atoms with Gasteiger partial charge in [-0.25, -0.2) is 23.1 Å². The topological polar surface area (TPSA) is 58.1 Å². The number of amides is 1. The molecule has 2 aromatic rings. The Labute approximate surface area is 149 Å². The fourth-order valence-corrected chi connectivity index (χ4v) is 3.00. The molecule has 0 atom stereocenters. The SMILES string of the molecule is Cc1cc(NC2CCN(C(=O)c3ccccc3F)CC2)nc(C(F)F)n1. The van der Waals surface area contributed by atoms with Crippen LogP contribution in [0.2, 0.25) is 0 Å². The molecule has 5 nitrogen and oxygen atoms in total. The number of rotatable bonds is 4. The van der Waals surface area contributed by atoms with E-state index in [-0.39, 0.29) is 17.5 Å². The summed E-state index contributed by atoms with van der Waals surface area (Å²) in [7, 11) is 0. The molecule has 0 radical (unpaired) electrons. The van der Waals surface area contributed by atoms with Crippen LogP contribution in [0.3, 0.4) is 0 Å². The van der Waals surface area contributed by atoms with Gasteiger partial charge in [0.05, 0.1) is 5.56 Å². The lowest BCUT2D eigenvalue weighted by Crippen LogP contribution is -2.42. The van der Waals surface area contributed by atoms with Gasteiger partial charge in [-0.15, -0.1) is 0 Å². The van der Waals surface area contributed by atoms with Crippen molar-refractivity contribution in [2.45, 2.75) is 32.2 Å². The minimum atomic E-state index is -2.73. The molecule has 0 saturated carbocycles. The van der Waals surface area contributed by atoms with Crippen LogP contribution in [-0.4, -0.2) is 39.9 Å². The molecule has 1 amide bonds. The second kappa shape index (κ2) is 7.72. The largest absolute Gasteiger partial charge is 0.367 e. The Morgan fingerprint density at radius 3 is 2.58 bits per heavy atom. The summed E-state index contributed by atoms with van der Waals surface area (Å²) in [6.45, 7) is 2.54. The Bertz CT molecular complexity index is 792. The van der Waals surface area contributed by atoms with Crippen LogP contribution in [0.15, 0.2) is 30.3 Å². The first-order valence-electron chi connectivity index (χ1n) is 8.38. The van der Waals surface area contributed by atoms with Gasteiger partial charge >= 0.3 is 0 Å². The Morgan fingerprint density at radius 1 is 1.23 bits per heavy atom. The number of nitrogens with zero attached hydrogens (tertiary/aromatic N) is 3. The van der Waals surface area contributed by atoms with E-state index in [1.54, 1.807) is 30.0 Å². The van der Waals surface area contributed by atoms with Crippen molar-refractivity contribution in [2.24, 2.45) is 0 Å². The minimum Gasteiger partial charge on any atom is -0.367 e. The molecule has 8 heteroatoms. The molecule has 0 spiro atoms. The molecule has 1 aliphatic heterocycles. The summed E-state index contributed by atoms with van der Waals surface area (Å²) in [5.74, 6) is -1.01. The molecule has 1 aromatic carbocycles. The summed E-state index contributed by atoms with van der Waals surface area (Å²) in [4.78, 5) is 21.6. The van der Waals surface area contributed by atoms with Crippen LogP contribution in [0, 0.1) is 12.7 Å². The highest BCUT2D eigenvalue weighted by atomic mass is 19.3. The smallest absolute Gasteiger partial charge is 0.297 e. The molecule has 2 heterocycles. The molecule has 3 rings (SSSR count). The summed E-state index contributed by atoms with van der Waals surface area (Å²) in [5, 5.41) is 3.13. The Balaban J connectivity index is 1.61. The van der Waals surface area contributed by atoms with Crippen LogP contribution in [0.25, 0.3) is 0 Å². The number of carbonyl (C=O) groups is 1. The third kappa shape index (κ3) is 4.12. The maximum absolute atomic E-state index is 13.8. The van der Waals surface area contributed by atoms with Crippen molar-refractivity contribution in [3.05, 3.63) is 53.2 Å². The Morgan fingerprint density at radius 2 is 1.92 bits per heavy atom. The first-order valence-corrected chi connectivity index (χ1v) is 8.38. The zero-order valence-electron chi connectivity index (χ0n) is 14.3. The van der Waals surface area contributed by atoms with Crippen LogP contribution in [0.4, 0.5) is 19.0 Å². The van der Waals surface area contributed by atoms with Crippen molar-refractivity contribution in [3.8, 4) is 0 Å². The molecule has 138 valence electrons. The van der Waals surface area contributed by atoms with Gasteiger partial charge in [-0.05, 0) is 31.9 Å². The number of hydrogen-bond donors (Lipinski definition) is 1. The highest BCUT2D eigenvalue weighted by Crippen LogP contribution is 2.21. The summed E-state index contributed by atoms with van der Waals surface area (Å²) in [6, 6.07) is 7.52. The summed E-state index contributed by atoms with van der Waals surface area (Å²) >= 11 is 0. The summed E-state index contributed by atoms with van der Waals surface area (Å²) in [6.07, 6.45) is -1.49. The van der Waals surface area contributed by atoms with Crippen molar-refractivity contribution >= 4 is 11.7 Å². The summed E-state index contributed by atoms with van der Waals surface area (Å²) < 4.78 is 39.4. The number of benzene rings is 1. The lowest BCUT2D eigenvalue weighted by Gasteiger charge is -2.32. The molecular weight excluding hydrogens is 345 g/mol. The average molecular weight is 364 g/mol. The number of aryl methyl sites for hydroxylation is 1. The van der Waals surface area contributed by atoms with Crippen LogP contribution in [0.5, 0.6) is 0 Å². The zero-order chi connectivity index (χ0) is 18.7. The number of hydrogen-bond acceptors (Lipinski definition) is 4. The first kappa shape index (κ1) is 18.2. The van der Waals surface area contributed by atoms with Gasteiger partial charge in [-0.1, -0.05) is 12.1 Å². The van der Waals surface area contributed by atoms with Gasteiger partial charge in [0.25, 0.3) is 12.3 Å². The zero-order valence-corrected chi connectivity index (χ0v) is 14.3. The molecule has 1 saturated heterocycles. The van der Waals surface area contributed by atoms with Crippen LogP contribution in [0.1, 0.15) is 41.1 Å². The summed E-state index contributed by atoms with van der Waals surface area (Å²) in [5.41, 5.74) is 0.525. The lowest BCUT2D eigenvalue weighted by molar-refractivity contribution is 0.0713. The third-order valence-electron chi connectivity index (χ3n) is 4.31. The van der Waals surface area contributed by atoms with Crippen molar-refractivity contribution in [1.82, 2.24) is 14.9 Å². The third-order valence-corrected chi connectivity index (χ3v) is 4.31. The number of aromatic nitrogens is 2. The second-order valence-corrected chi connectivity index (χ2v) is 6.24. The fraction of sp³-hybridized carbons (Fsp3) is 0.389. The van der Waals surface area contributed by atoms with Gasteiger partial charge in [0.2, 0.25) is 0 Å². The van der Waals surface area contributed by atoms with Gasteiger partial charge in [-0.3, -0.25) is 4.79 Å². The van der Waals surface area contributed by atoms with E-state index in [2.05, 4.69) is 15.3 Å². The van der Waals surface area contributed by atoms with Crippen molar-refractivity contribution in [1.29, 1.82) is 0 Å². The second-order valence-electron chi connectivity index (χ2n) is 6.24. The number of nitrogens with one attached hydrogen (secondary N) is 1. The Hall–Kier alpha value is -2.64. The van der Waals surface area contributed by atoms with E-state index in [1.165, 1.54) is 12.1 Å². The maximum atomic E-state index is 13.8. The van der Waals surface area contributed by atoms with E-state index in [0.29, 0.717) is 37.4 Å². The van der Waals surface area contributed by atoms with Gasteiger partial charge in [-0.2, -0.15) is 0 Å². The molecule has 1 fully saturated rings. The van der Waals surface area contributed by atoms with E-state index in [4.69, 9.17) is 0 Å². The van der Waals surface area contributed by atoms with Crippen molar-refractivity contribution in [3.63, 3.8) is 0 Å². The molecule has 1 aliphatic rings. The monoisotopic (exact) mass is 364 g/mol. The van der Waals surface area contributed by atoms with Crippen LogP contribution < -0.4 is 5.32 Å². The van der Waals surface area contributed by atoms with E-state index in [1.807, 2.05) is 0 Å². The first-order chi connectivity index (χ1) is 12.4. The standard InChI is InChI=1S/C18H19F3N4O/c1-11-10-15(24-17(22-11)16(20)21)23-12-6-8-25(9-7-12)18(26)13-4-2-3-5-14(13)19/h2-5,10,12,16H,6-9H2,1H3,(H,22,23,24). The molecule has 1 aromatic heterocycles. The molecule has 0 bridgehead atoms. The van der Waals surface area contributed by atoms with Crippen LogP contribution >= 0.6 is 0 Å². The normalized spacial score (nSPS) is 15.3. The number of halogens is 3. The molecule has 0 unspecified atom stereocenters. The number of likely N-dealkylation sites (tertiary alicyclic amines) is 1. The maximum Gasteiger partial charge on any atom is 0.297 e. The predicted molar refractivity (Wildman–Crippen MR) is 90.7 cm³/mol. The van der Waals surface area contributed by atoms with Gasteiger partial charge in [0.15, 0.2) is 5.82 Å². The number of anilines is 1.